The Morgan fingerprint density at radius 2 is 1.83 bits per heavy atom. The molecular weight excluding hydrogens is 292 g/mol. The third-order valence-corrected chi connectivity index (χ3v) is 9.79. The van der Waals surface area contributed by atoms with E-state index in [9.17, 15) is 0 Å². The number of ether oxygens (including phenoxy) is 1. The minimum atomic E-state index is 0.350. The molecular formula is C23H36O. The highest BCUT2D eigenvalue weighted by molar-refractivity contribution is 5.21. The molecule has 5 rings (SSSR count). The maximum atomic E-state index is 5.89. The summed E-state index contributed by atoms with van der Waals surface area (Å²) in [6.45, 7) is 8.68. The van der Waals surface area contributed by atoms with E-state index in [-0.39, 0.29) is 0 Å². The van der Waals surface area contributed by atoms with Crippen molar-refractivity contribution in [1.82, 2.24) is 0 Å². The monoisotopic (exact) mass is 328 g/mol. The first-order chi connectivity index (χ1) is 11.5. The summed E-state index contributed by atoms with van der Waals surface area (Å²) in [6, 6.07) is 0. The molecule has 0 amide bonds. The average Bonchev–Trinajstić information content (AvgIpc) is 3.34. The molecule has 0 N–H and O–H groups in total. The van der Waals surface area contributed by atoms with Crippen LogP contribution in [-0.4, -0.2) is 12.2 Å². The zero-order valence-electron chi connectivity index (χ0n) is 16.1. The number of hydrogen-bond acceptors (Lipinski definition) is 1. The Balaban J connectivity index is 1.45. The van der Waals surface area contributed by atoms with Crippen molar-refractivity contribution >= 4 is 0 Å². The van der Waals surface area contributed by atoms with Crippen molar-refractivity contribution in [2.75, 3.05) is 6.61 Å². The molecule has 5 fully saturated rings. The molecule has 24 heavy (non-hydrogen) atoms. The van der Waals surface area contributed by atoms with Gasteiger partial charge in [-0.1, -0.05) is 25.5 Å². The number of allylic oxidation sites excluding steroid dienone is 2. The lowest BCUT2D eigenvalue weighted by atomic mass is 9.42. The van der Waals surface area contributed by atoms with Gasteiger partial charge in [0.05, 0.1) is 12.2 Å². The van der Waals surface area contributed by atoms with Crippen LogP contribution in [-0.2, 0) is 4.74 Å². The number of hydrogen-bond donors (Lipinski definition) is 0. The van der Waals surface area contributed by atoms with E-state index in [1.807, 2.05) is 0 Å². The zero-order valence-corrected chi connectivity index (χ0v) is 16.1. The second kappa shape index (κ2) is 5.12. The lowest BCUT2D eigenvalue weighted by Gasteiger charge is -2.63. The second-order valence-electron chi connectivity index (χ2n) is 10.5. The summed E-state index contributed by atoms with van der Waals surface area (Å²) in [5.41, 5.74) is 3.31. The SMILES string of the molecule is C/C=C1/CCC[C@H]2[C@@H]3CC[C@H]4C[C@]5(CC[C@]4(C)[C@H]3CC[C@]12C)CO5. The van der Waals surface area contributed by atoms with Gasteiger partial charge in [-0.25, -0.2) is 0 Å². The summed E-state index contributed by atoms with van der Waals surface area (Å²) in [6.07, 6.45) is 16.9. The molecule has 0 aromatic carbocycles. The van der Waals surface area contributed by atoms with Gasteiger partial charge < -0.3 is 4.74 Å². The Morgan fingerprint density at radius 1 is 1.00 bits per heavy atom. The number of epoxide rings is 1. The van der Waals surface area contributed by atoms with Crippen LogP contribution in [0.2, 0.25) is 0 Å². The van der Waals surface area contributed by atoms with Crippen LogP contribution in [0.15, 0.2) is 11.6 Å². The normalized spacial score (nSPS) is 58.0. The van der Waals surface area contributed by atoms with E-state index < -0.39 is 0 Å². The third kappa shape index (κ3) is 2.03. The van der Waals surface area contributed by atoms with Gasteiger partial charge >= 0.3 is 0 Å². The van der Waals surface area contributed by atoms with E-state index in [2.05, 4.69) is 26.8 Å². The summed E-state index contributed by atoms with van der Waals surface area (Å²) < 4.78 is 5.89. The van der Waals surface area contributed by atoms with Crippen molar-refractivity contribution < 1.29 is 4.74 Å². The van der Waals surface area contributed by atoms with E-state index in [0.717, 1.165) is 30.3 Å². The summed E-state index contributed by atoms with van der Waals surface area (Å²) in [5, 5.41) is 0. The summed E-state index contributed by atoms with van der Waals surface area (Å²) >= 11 is 0. The predicted molar refractivity (Wildman–Crippen MR) is 98.8 cm³/mol. The molecule has 1 heterocycles. The van der Waals surface area contributed by atoms with Crippen LogP contribution in [0.1, 0.15) is 85.0 Å². The molecule has 1 nitrogen and oxygen atoms in total. The highest BCUT2D eigenvalue weighted by atomic mass is 16.6. The smallest absolute Gasteiger partial charge is 0.0919 e. The van der Waals surface area contributed by atoms with Crippen molar-refractivity contribution in [2.45, 2.75) is 90.6 Å². The van der Waals surface area contributed by atoms with Gasteiger partial charge in [0.25, 0.3) is 0 Å². The minimum absolute atomic E-state index is 0.350. The van der Waals surface area contributed by atoms with E-state index in [1.165, 1.54) is 64.2 Å². The second-order valence-corrected chi connectivity index (χ2v) is 10.5. The van der Waals surface area contributed by atoms with E-state index in [1.54, 1.807) is 5.57 Å². The highest BCUT2D eigenvalue weighted by Crippen LogP contribution is 2.68. The number of fused-ring (bicyclic) bond motifs is 5. The highest BCUT2D eigenvalue weighted by Gasteiger charge is 2.61. The molecule has 0 unspecified atom stereocenters. The first-order valence-electron chi connectivity index (χ1n) is 10.8. The van der Waals surface area contributed by atoms with Crippen molar-refractivity contribution in [3.63, 3.8) is 0 Å². The van der Waals surface area contributed by atoms with E-state index in [0.29, 0.717) is 16.4 Å². The van der Waals surface area contributed by atoms with Gasteiger partial charge in [0.15, 0.2) is 0 Å². The standard InChI is InChI=1S/C23H36O/c1-4-16-6-5-7-19-18-9-8-17-14-23(15-24-23)13-12-22(17,3)20(18)10-11-21(16,19)2/h4,17-20H,5-15H2,1-3H3/b16-4-/t17-,18-,19-,20-,21+,22-,23+/m0/s1. The Morgan fingerprint density at radius 3 is 2.58 bits per heavy atom. The first kappa shape index (κ1) is 15.9. The molecule has 0 aromatic rings. The quantitative estimate of drug-likeness (QED) is 0.384. The molecule has 1 saturated heterocycles. The largest absolute Gasteiger partial charge is 0.370 e. The Kier molecular flexibility index (Phi) is 3.39. The fourth-order valence-corrected chi connectivity index (χ4v) is 8.20. The fourth-order valence-electron chi connectivity index (χ4n) is 8.20. The summed E-state index contributed by atoms with van der Waals surface area (Å²) in [7, 11) is 0. The molecule has 4 saturated carbocycles. The molecule has 1 heteroatoms. The van der Waals surface area contributed by atoms with Crippen LogP contribution >= 0.6 is 0 Å². The minimum Gasteiger partial charge on any atom is -0.370 e. The Hall–Kier alpha value is -0.300. The fraction of sp³-hybridized carbons (Fsp3) is 0.913. The topological polar surface area (TPSA) is 12.5 Å². The van der Waals surface area contributed by atoms with Crippen molar-refractivity contribution in [3.8, 4) is 0 Å². The van der Waals surface area contributed by atoms with Gasteiger partial charge in [-0.15, -0.1) is 0 Å². The van der Waals surface area contributed by atoms with Crippen LogP contribution in [0.4, 0.5) is 0 Å². The maximum Gasteiger partial charge on any atom is 0.0919 e. The lowest BCUT2D eigenvalue weighted by Crippen LogP contribution is -2.55. The van der Waals surface area contributed by atoms with Crippen LogP contribution in [0.25, 0.3) is 0 Å². The summed E-state index contributed by atoms with van der Waals surface area (Å²) in [5.74, 6) is 3.93. The molecule has 5 aliphatic rings. The van der Waals surface area contributed by atoms with Crippen LogP contribution in [0.5, 0.6) is 0 Å². The molecule has 0 radical (unpaired) electrons. The maximum absolute atomic E-state index is 5.89. The van der Waals surface area contributed by atoms with Gasteiger partial charge in [-0.05, 0) is 106 Å². The first-order valence-corrected chi connectivity index (χ1v) is 10.8. The number of rotatable bonds is 0. The van der Waals surface area contributed by atoms with Gasteiger partial charge in [-0.2, -0.15) is 0 Å². The molecule has 7 atom stereocenters. The molecule has 0 bridgehead atoms. The average molecular weight is 329 g/mol. The van der Waals surface area contributed by atoms with Crippen LogP contribution < -0.4 is 0 Å². The Bertz CT molecular complexity index is 558. The van der Waals surface area contributed by atoms with Gasteiger partial charge in [0.2, 0.25) is 0 Å². The van der Waals surface area contributed by atoms with Crippen molar-refractivity contribution in [3.05, 3.63) is 11.6 Å². The predicted octanol–water partition coefficient (Wildman–Crippen LogP) is 6.13. The van der Waals surface area contributed by atoms with E-state index in [4.69, 9.17) is 4.74 Å². The third-order valence-electron chi connectivity index (χ3n) is 9.79. The van der Waals surface area contributed by atoms with Gasteiger partial charge in [-0.3, -0.25) is 0 Å². The van der Waals surface area contributed by atoms with Crippen LogP contribution in [0.3, 0.4) is 0 Å². The molecule has 1 spiro atoms. The Labute approximate surface area is 148 Å². The van der Waals surface area contributed by atoms with E-state index >= 15 is 0 Å². The van der Waals surface area contributed by atoms with Gasteiger partial charge in [0, 0.05) is 0 Å². The van der Waals surface area contributed by atoms with Crippen LogP contribution in [0, 0.1) is 34.5 Å². The molecule has 1 aliphatic heterocycles. The molecule has 134 valence electrons. The summed E-state index contributed by atoms with van der Waals surface area (Å²) in [4.78, 5) is 0. The molecule has 4 aliphatic carbocycles. The van der Waals surface area contributed by atoms with Crippen molar-refractivity contribution in [1.29, 1.82) is 0 Å². The zero-order chi connectivity index (χ0) is 16.6. The molecule has 0 aromatic heterocycles. The van der Waals surface area contributed by atoms with Crippen molar-refractivity contribution in [2.24, 2.45) is 34.5 Å². The van der Waals surface area contributed by atoms with Gasteiger partial charge in [0.1, 0.15) is 0 Å². The lowest BCUT2D eigenvalue weighted by molar-refractivity contribution is -0.120.